The highest BCUT2D eigenvalue weighted by atomic mass is 35.5. The average Bonchev–Trinajstić information content (AvgIpc) is 3.25. The van der Waals surface area contributed by atoms with Crippen molar-refractivity contribution in [2.24, 2.45) is 17.3 Å². The first-order valence-electron chi connectivity index (χ1n) is 9.27. The van der Waals surface area contributed by atoms with E-state index in [1.807, 2.05) is 19.9 Å². The summed E-state index contributed by atoms with van der Waals surface area (Å²) in [5.41, 5.74) is 0.829. The Labute approximate surface area is 190 Å². The molecule has 0 bridgehead atoms. The quantitative estimate of drug-likeness (QED) is 0.427. The number of carbonyl (C=O) groups is 1. The molecule has 0 heterocycles. The lowest BCUT2D eigenvalue weighted by Crippen LogP contribution is -2.14. The van der Waals surface area contributed by atoms with Gasteiger partial charge in [0, 0.05) is 10.6 Å². The molecule has 7 heteroatoms. The molecule has 3 rings (SSSR count). The minimum atomic E-state index is -1.40. The zero-order chi connectivity index (χ0) is 22.1. The smallest absolute Gasteiger partial charge is 0.311 e. The largest absolute Gasteiger partial charge is 0.442 e. The number of hydrogen-bond donors (Lipinski definition) is 0. The molecule has 0 aromatic heterocycles. The summed E-state index contributed by atoms with van der Waals surface area (Å²) in [6, 6.07) is 14.8. The standard InChI is InChI=1S/C23H19Cl3FNO2/c1-23(2)17(11-19(25)26)20(23)22(29)30-18(12-28)14-4-3-5-15(10-14)21(27)13-6-8-16(24)9-7-13/h3-11,17-18,20-21H,1-2H3. The zero-order valence-corrected chi connectivity index (χ0v) is 18.5. The molecule has 2 aromatic carbocycles. The Hall–Kier alpha value is -2.06. The number of rotatable bonds is 6. The lowest BCUT2D eigenvalue weighted by atomic mass is 9.99. The van der Waals surface area contributed by atoms with E-state index in [9.17, 15) is 14.4 Å². The Morgan fingerprint density at radius 3 is 2.40 bits per heavy atom. The molecular formula is C23H19Cl3FNO2. The van der Waals surface area contributed by atoms with Gasteiger partial charge in [0.25, 0.3) is 0 Å². The molecule has 1 fully saturated rings. The lowest BCUT2D eigenvalue weighted by molar-refractivity contribution is -0.149. The Kier molecular flexibility index (Phi) is 6.77. The molecule has 0 saturated heterocycles. The van der Waals surface area contributed by atoms with Gasteiger partial charge in [-0.2, -0.15) is 5.26 Å². The van der Waals surface area contributed by atoms with Gasteiger partial charge in [-0.25, -0.2) is 4.39 Å². The Morgan fingerprint density at radius 1 is 1.17 bits per heavy atom. The molecule has 4 atom stereocenters. The zero-order valence-electron chi connectivity index (χ0n) is 16.3. The number of hydrogen-bond acceptors (Lipinski definition) is 3. The second kappa shape index (κ2) is 8.98. The fourth-order valence-electron chi connectivity index (χ4n) is 3.64. The van der Waals surface area contributed by atoms with Crippen molar-refractivity contribution in [2.45, 2.75) is 26.1 Å². The molecule has 1 aliphatic rings. The van der Waals surface area contributed by atoms with Gasteiger partial charge >= 0.3 is 5.97 Å². The van der Waals surface area contributed by atoms with Crippen molar-refractivity contribution in [2.75, 3.05) is 0 Å². The molecule has 0 radical (unpaired) electrons. The number of nitrogens with zero attached hydrogens (tertiary/aromatic N) is 1. The molecule has 0 spiro atoms. The molecule has 1 saturated carbocycles. The van der Waals surface area contributed by atoms with E-state index in [1.54, 1.807) is 48.5 Å². The minimum absolute atomic E-state index is 0.0871. The number of nitriles is 1. The first kappa shape index (κ1) is 22.6. The predicted molar refractivity (Wildman–Crippen MR) is 116 cm³/mol. The second-order valence-electron chi connectivity index (χ2n) is 7.81. The fraction of sp³-hybridized carbons (Fsp3) is 0.304. The number of esters is 1. The van der Waals surface area contributed by atoms with Crippen LogP contribution in [0, 0.1) is 28.6 Å². The normalized spacial score (nSPS) is 21.1. The van der Waals surface area contributed by atoms with E-state index in [0.29, 0.717) is 21.7 Å². The van der Waals surface area contributed by atoms with Crippen molar-refractivity contribution in [1.29, 1.82) is 5.26 Å². The first-order chi connectivity index (χ1) is 14.1. The van der Waals surface area contributed by atoms with Crippen LogP contribution in [0.1, 0.15) is 42.8 Å². The van der Waals surface area contributed by atoms with E-state index in [0.717, 1.165) is 0 Å². The summed E-state index contributed by atoms with van der Waals surface area (Å²) in [4.78, 5) is 12.7. The molecular weight excluding hydrogens is 448 g/mol. The number of halogens is 4. The van der Waals surface area contributed by atoms with E-state index in [1.165, 1.54) is 6.07 Å². The van der Waals surface area contributed by atoms with Crippen LogP contribution < -0.4 is 0 Å². The Balaban J connectivity index is 1.77. The van der Waals surface area contributed by atoms with Gasteiger partial charge in [0.2, 0.25) is 6.10 Å². The van der Waals surface area contributed by atoms with Crippen LogP contribution >= 0.6 is 34.8 Å². The van der Waals surface area contributed by atoms with Crippen LogP contribution in [-0.2, 0) is 9.53 Å². The SMILES string of the molecule is CC1(C)C(C=C(Cl)Cl)C1C(=O)OC(C#N)c1cccc(C(F)c2ccc(Cl)cc2)c1. The van der Waals surface area contributed by atoms with Crippen LogP contribution in [-0.4, -0.2) is 5.97 Å². The fourth-order valence-corrected chi connectivity index (χ4v) is 4.03. The molecule has 2 aromatic rings. The third-order valence-corrected chi connectivity index (χ3v) is 5.99. The molecule has 156 valence electrons. The van der Waals surface area contributed by atoms with Gasteiger partial charge in [0.05, 0.1) is 5.92 Å². The number of ether oxygens (including phenoxy) is 1. The molecule has 30 heavy (non-hydrogen) atoms. The Bertz CT molecular complexity index is 1010. The number of allylic oxidation sites excluding steroid dienone is 1. The first-order valence-corrected chi connectivity index (χ1v) is 10.4. The topological polar surface area (TPSA) is 50.1 Å². The van der Waals surface area contributed by atoms with Crippen LogP contribution in [0.15, 0.2) is 59.1 Å². The summed E-state index contributed by atoms with van der Waals surface area (Å²) in [7, 11) is 0. The second-order valence-corrected chi connectivity index (χ2v) is 9.26. The van der Waals surface area contributed by atoms with Crippen molar-refractivity contribution in [3.63, 3.8) is 0 Å². The molecule has 4 unspecified atom stereocenters. The molecule has 0 amide bonds. The van der Waals surface area contributed by atoms with Crippen LogP contribution in [0.25, 0.3) is 0 Å². The summed E-state index contributed by atoms with van der Waals surface area (Å²) in [5, 5.41) is 10.1. The maximum absolute atomic E-state index is 15.0. The van der Waals surface area contributed by atoms with E-state index in [2.05, 4.69) is 0 Å². The van der Waals surface area contributed by atoms with E-state index >= 15 is 0 Å². The molecule has 0 N–H and O–H groups in total. The van der Waals surface area contributed by atoms with Gasteiger partial charge in [0.1, 0.15) is 10.6 Å². The molecule has 3 nitrogen and oxygen atoms in total. The summed E-state index contributed by atoms with van der Waals surface area (Å²) in [6.07, 6.45) is -0.945. The van der Waals surface area contributed by atoms with Crippen molar-refractivity contribution in [1.82, 2.24) is 0 Å². The van der Waals surface area contributed by atoms with Gasteiger partial charge in [-0.15, -0.1) is 0 Å². The summed E-state index contributed by atoms with van der Waals surface area (Å²) in [6.45, 7) is 3.80. The summed E-state index contributed by atoms with van der Waals surface area (Å²) in [5.74, 6) is -1.13. The van der Waals surface area contributed by atoms with Crippen molar-refractivity contribution in [3.05, 3.63) is 80.8 Å². The number of carbonyl (C=O) groups excluding carboxylic acids is 1. The minimum Gasteiger partial charge on any atom is -0.442 e. The summed E-state index contributed by atoms with van der Waals surface area (Å²) < 4.78 is 20.5. The lowest BCUT2D eigenvalue weighted by Gasteiger charge is -2.15. The predicted octanol–water partition coefficient (Wildman–Crippen LogP) is 7.10. The number of alkyl halides is 1. The van der Waals surface area contributed by atoms with Crippen molar-refractivity contribution < 1.29 is 13.9 Å². The van der Waals surface area contributed by atoms with Crippen molar-refractivity contribution >= 4 is 40.8 Å². The highest BCUT2D eigenvalue weighted by molar-refractivity contribution is 6.55. The van der Waals surface area contributed by atoms with Gasteiger partial charge in [-0.05, 0) is 46.7 Å². The summed E-state index contributed by atoms with van der Waals surface area (Å²) >= 11 is 17.3. The van der Waals surface area contributed by atoms with Gasteiger partial charge in [-0.3, -0.25) is 4.79 Å². The van der Waals surface area contributed by atoms with Crippen LogP contribution in [0.5, 0.6) is 0 Å². The maximum Gasteiger partial charge on any atom is 0.311 e. The highest BCUT2D eigenvalue weighted by Gasteiger charge is 2.62. The average molecular weight is 467 g/mol. The third-order valence-electron chi connectivity index (χ3n) is 5.49. The highest BCUT2D eigenvalue weighted by Crippen LogP contribution is 2.60. The molecule has 1 aliphatic carbocycles. The third kappa shape index (κ3) is 4.81. The van der Waals surface area contributed by atoms with Crippen molar-refractivity contribution in [3.8, 4) is 6.07 Å². The number of benzene rings is 2. The Morgan fingerprint density at radius 2 is 1.80 bits per heavy atom. The van der Waals surface area contributed by atoms with Crippen LogP contribution in [0.4, 0.5) is 4.39 Å². The van der Waals surface area contributed by atoms with E-state index in [-0.39, 0.29) is 15.8 Å². The molecule has 0 aliphatic heterocycles. The van der Waals surface area contributed by atoms with E-state index < -0.39 is 24.2 Å². The van der Waals surface area contributed by atoms with Gasteiger partial charge in [0.15, 0.2) is 6.17 Å². The van der Waals surface area contributed by atoms with E-state index in [4.69, 9.17) is 39.5 Å². The maximum atomic E-state index is 15.0. The van der Waals surface area contributed by atoms with Gasteiger partial charge < -0.3 is 4.74 Å². The van der Waals surface area contributed by atoms with Crippen LogP contribution in [0.3, 0.4) is 0 Å². The van der Waals surface area contributed by atoms with Gasteiger partial charge in [-0.1, -0.05) is 79.0 Å². The monoisotopic (exact) mass is 465 g/mol. The van der Waals surface area contributed by atoms with Crippen LogP contribution in [0.2, 0.25) is 5.02 Å².